The summed E-state index contributed by atoms with van der Waals surface area (Å²) >= 11 is 0. The van der Waals surface area contributed by atoms with Crippen LogP contribution in [-0.2, 0) is 0 Å². The van der Waals surface area contributed by atoms with Crippen molar-refractivity contribution in [3.63, 3.8) is 0 Å². The van der Waals surface area contributed by atoms with Crippen LogP contribution < -0.4 is 9.80 Å². The van der Waals surface area contributed by atoms with Gasteiger partial charge in [-0.3, -0.25) is 19.2 Å². The zero-order chi connectivity index (χ0) is 47.4. The minimum atomic E-state index is -0.249. The second-order valence-corrected chi connectivity index (χ2v) is 21.7. The van der Waals surface area contributed by atoms with Crippen molar-refractivity contribution < 1.29 is 19.2 Å². The van der Waals surface area contributed by atoms with Crippen LogP contribution in [0.5, 0.6) is 0 Å². The molecule has 6 heteroatoms. The minimum Gasteiger partial charge on any atom is -0.268 e. The van der Waals surface area contributed by atoms with Crippen molar-refractivity contribution in [3.05, 3.63) is 165 Å². The van der Waals surface area contributed by atoms with Gasteiger partial charge in [-0.05, 0) is 192 Å². The lowest BCUT2D eigenvalue weighted by molar-refractivity contribution is 0.0877. The van der Waals surface area contributed by atoms with Gasteiger partial charge in [0.2, 0.25) is 0 Å². The molecule has 70 heavy (non-hydrogen) atoms. The van der Waals surface area contributed by atoms with Gasteiger partial charge in [0.1, 0.15) is 0 Å². The average Bonchev–Trinajstić information content (AvgIpc) is 4.25. The molecule has 350 valence electrons. The number of hydrogen-bond acceptors (Lipinski definition) is 4. The maximum absolute atomic E-state index is 15.0. The molecular formula is C64H60N2O4. The van der Waals surface area contributed by atoms with Gasteiger partial charge < -0.3 is 0 Å². The molecule has 4 saturated carbocycles. The first kappa shape index (κ1) is 43.4. The van der Waals surface area contributed by atoms with Crippen LogP contribution in [0.1, 0.15) is 201 Å². The van der Waals surface area contributed by atoms with Crippen molar-refractivity contribution in [2.45, 2.75) is 140 Å². The fraction of sp³-hybridized carbons (Fsp3) is 0.344. The van der Waals surface area contributed by atoms with E-state index in [0.29, 0.717) is 45.9 Å². The monoisotopic (exact) mass is 920 g/mol. The van der Waals surface area contributed by atoms with E-state index in [9.17, 15) is 19.2 Å². The third-order valence-corrected chi connectivity index (χ3v) is 17.7. The molecule has 2 heterocycles. The summed E-state index contributed by atoms with van der Waals surface area (Å²) in [6.45, 7) is 4.14. The highest BCUT2D eigenvalue weighted by molar-refractivity contribution is 6.38. The quantitative estimate of drug-likeness (QED) is 0.142. The van der Waals surface area contributed by atoms with E-state index in [4.69, 9.17) is 0 Å². The van der Waals surface area contributed by atoms with Gasteiger partial charge in [0.25, 0.3) is 23.6 Å². The topological polar surface area (TPSA) is 74.8 Å². The number of anilines is 2. The van der Waals surface area contributed by atoms with Crippen molar-refractivity contribution in [1.29, 1.82) is 0 Å². The molecule has 6 nitrogen and oxygen atoms in total. The number of imide groups is 2. The van der Waals surface area contributed by atoms with Crippen molar-refractivity contribution >= 4 is 56.5 Å². The highest BCUT2D eigenvalue weighted by atomic mass is 16.2. The highest BCUT2D eigenvalue weighted by Gasteiger charge is 2.40. The summed E-state index contributed by atoms with van der Waals surface area (Å²) in [5, 5.41) is 3.22. The number of rotatable bonds is 8. The Morgan fingerprint density at radius 3 is 1.09 bits per heavy atom. The Morgan fingerprint density at radius 1 is 0.371 bits per heavy atom. The van der Waals surface area contributed by atoms with Crippen molar-refractivity contribution in [2.75, 3.05) is 9.80 Å². The summed E-state index contributed by atoms with van der Waals surface area (Å²) < 4.78 is 0. The van der Waals surface area contributed by atoms with Gasteiger partial charge in [0.05, 0.1) is 11.4 Å². The lowest BCUT2D eigenvalue weighted by atomic mass is 9.83. The largest absolute Gasteiger partial charge is 0.268 e. The average molecular weight is 921 g/mol. The van der Waals surface area contributed by atoms with E-state index in [1.807, 2.05) is 36.4 Å². The molecule has 0 bridgehead atoms. The molecule has 2 aliphatic heterocycles. The number of benzene rings is 7. The highest BCUT2D eigenvalue weighted by Crippen LogP contribution is 2.49. The Balaban J connectivity index is 0.863. The first-order chi connectivity index (χ1) is 34.2. The molecular weight excluding hydrogens is 861 g/mol. The van der Waals surface area contributed by atoms with Crippen LogP contribution in [-0.4, -0.2) is 23.6 Å². The van der Waals surface area contributed by atoms with Crippen LogP contribution in [0.25, 0.3) is 43.8 Å². The van der Waals surface area contributed by atoms with Gasteiger partial charge in [0.15, 0.2) is 0 Å². The minimum absolute atomic E-state index is 0.244. The van der Waals surface area contributed by atoms with Crippen molar-refractivity contribution in [1.82, 2.24) is 0 Å². The molecule has 0 radical (unpaired) electrons. The van der Waals surface area contributed by atoms with E-state index in [1.165, 1.54) is 72.3 Å². The predicted octanol–water partition coefficient (Wildman–Crippen LogP) is 16.2. The van der Waals surface area contributed by atoms with Gasteiger partial charge in [-0.25, -0.2) is 9.80 Å². The van der Waals surface area contributed by atoms with E-state index in [1.54, 1.807) is 0 Å². The Hall–Kier alpha value is -6.66. The fourth-order valence-electron chi connectivity index (χ4n) is 14.3. The number of carbonyl (C=O) groups excluding carboxylic acids is 4. The molecule has 4 amide bonds. The Morgan fingerprint density at radius 2 is 0.714 bits per heavy atom. The molecule has 0 atom stereocenters. The number of hydrogen-bond donors (Lipinski definition) is 0. The number of carbonyl (C=O) groups is 4. The van der Waals surface area contributed by atoms with E-state index in [-0.39, 0.29) is 23.6 Å². The Kier molecular flexibility index (Phi) is 10.6. The van der Waals surface area contributed by atoms with E-state index >= 15 is 0 Å². The van der Waals surface area contributed by atoms with Crippen LogP contribution in [0.15, 0.2) is 109 Å². The number of aryl methyl sites for hydroxylation is 2. The molecule has 0 N–H and O–H groups in total. The molecule has 0 saturated heterocycles. The van der Waals surface area contributed by atoms with Gasteiger partial charge in [-0.2, -0.15) is 0 Å². The lowest BCUT2D eigenvalue weighted by Crippen LogP contribution is -2.41. The third kappa shape index (κ3) is 6.79. The summed E-state index contributed by atoms with van der Waals surface area (Å²) in [6.07, 6.45) is 18.5. The second kappa shape index (κ2) is 17.0. The molecule has 7 aromatic rings. The SMILES string of the molecule is Cc1cc2c3c(cccc3c1-c1ccc(-c3c(C)cc4c5c(cccc35)C(=O)N(c3cc(C5CCCC5)ccc3C3CCCC3)C4=O)cc1)C(=O)N(c1cc(C3CCCC3)ccc1C1CCCC1)C2=O. The Labute approximate surface area is 411 Å². The van der Waals surface area contributed by atoms with E-state index in [2.05, 4.69) is 86.6 Å². The summed E-state index contributed by atoms with van der Waals surface area (Å²) in [4.78, 5) is 62.7. The molecule has 4 aliphatic carbocycles. The molecule has 0 spiro atoms. The van der Waals surface area contributed by atoms with E-state index < -0.39 is 0 Å². The lowest BCUT2D eigenvalue weighted by Gasteiger charge is -2.32. The van der Waals surface area contributed by atoms with Crippen LogP contribution in [0.2, 0.25) is 0 Å². The first-order valence-electron chi connectivity index (χ1n) is 26.5. The molecule has 0 aromatic heterocycles. The van der Waals surface area contributed by atoms with Gasteiger partial charge >= 0.3 is 0 Å². The summed E-state index contributed by atoms with van der Waals surface area (Å²) in [5.74, 6) is 0.630. The van der Waals surface area contributed by atoms with Gasteiger partial charge in [-0.1, -0.05) is 124 Å². The number of nitrogens with zero attached hydrogens (tertiary/aromatic N) is 2. The maximum Gasteiger partial charge on any atom is 0.266 e. The normalized spacial score (nSPS) is 19.1. The molecule has 7 aromatic carbocycles. The van der Waals surface area contributed by atoms with Crippen LogP contribution in [0, 0.1) is 13.8 Å². The fourth-order valence-corrected chi connectivity index (χ4v) is 14.3. The first-order valence-corrected chi connectivity index (χ1v) is 26.5. The van der Waals surface area contributed by atoms with Crippen molar-refractivity contribution in [3.8, 4) is 22.3 Å². The zero-order valence-corrected chi connectivity index (χ0v) is 40.5. The molecule has 6 aliphatic rings. The van der Waals surface area contributed by atoms with Gasteiger partial charge in [0, 0.05) is 33.0 Å². The van der Waals surface area contributed by atoms with Crippen molar-refractivity contribution in [2.24, 2.45) is 0 Å². The Bertz CT molecular complexity index is 3130. The maximum atomic E-state index is 15.0. The summed E-state index contributed by atoms with van der Waals surface area (Å²) in [5.41, 5.74) is 14.5. The molecule has 4 fully saturated rings. The standard InChI is InChI=1S/C64H60N2O4/c1-37-33-53-59-49(21-11-23-51(59)61(67)65(63(53)69)55-35-45(39-13-3-4-14-39)29-31-47(55)41-17-7-8-18-41)57(37)43-25-27-44(28-26-43)58-38(2)34-54-60-50(58)22-12-24-52(60)62(68)66(64(54)70)56-36-46(40-15-5-6-16-40)30-32-48(56)42-19-9-10-20-42/h11-12,21-36,39-42H,3-10,13-20H2,1-2H3. The van der Waals surface area contributed by atoms with Crippen LogP contribution >= 0.6 is 0 Å². The number of amides is 4. The third-order valence-electron chi connectivity index (χ3n) is 17.7. The molecule has 0 unspecified atom stereocenters. The predicted molar refractivity (Wildman–Crippen MR) is 282 cm³/mol. The van der Waals surface area contributed by atoms with Gasteiger partial charge in [-0.15, -0.1) is 0 Å². The van der Waals surface area contributed by atoms with Crippen LogP contribution in [0.4, 0.5) is 11.4 Å². The summed E-state index contributed by atoms with van der Waals surface area (Å²) in [6, 6.07) is 37.7. The smallest absolute Gasteiger partial charge is 0.266 e. The summed E-state index contributed by atoms with van der Waals surface area (Å²) in [7, 11) is 0. The zero-order valence-electron chi connectivity index (χ0n) is 40.5. The van der Waals surface area contributed by atoms with Crippen LogP contribution in [0.3, 0.4) is 0 Å². The van der Waals surface area contributed by atoms with E-state index in [0.717, 1.165) is 129 Å². The molecule has 13 rings (SSSR count). The second-order valence-electron chi connectivity index (χ2n) is 21.7.